The number of hydrogen-bond donors (Lipinski definition) is 0. The van der Waals surface area contributed by atoms with Crippen LogP contribution < -0.4 is 4.74 Å². The molecule has 0 aliphatic heterocycles. The lowest BCUT2D eigenvalue weighted by molar-refractivity contribution is -0.150. The lowest BCUT2D eigenvalue weighted by atomic mass is 9.86. The van der Waals surface area contributed by atoms with Crippen LogP contribution in [0.4, 0.5) is 0 Å². The van der Waals surface area contributed by atoms with Crippen molar-refractivity contribution in [2.75, 3.05) is 13.7 Å². The summed E-state index contributed by atoms with van der Waals surface area (Å²) < 4.78 is 10.4. The molecule has 24 heavy (non-hydrogen) atoms. The highest BCUT2D eigenvalue weighted by atomic mass is 16.5. The third-order valence-corrected chi connectivity index (χ3v) is 3.79. The molecule has 126 valence electrons. The molecule has 0 heterocycles. The molecule has 0 radical (unpaired) electrons. The van der Waals surface area contributed by atoms with Crippen LogP contribution in [0.1, 0.15) is 31.9 Å². The maximum Gasteiger partial charge on any atom is 0.315 e. The molecule has 2 aromatic rings. The predicted molar refractivity (Wildman–Crippen MR) is 96.9 cm³/mol. The minimum atomic E-state index is -0.721. The largest absolute Gasteiger partial charge is 0.497 e. The van der Waals surface area contributed by atoms with Gasteiger partial charge in [-0.25, -0.2) is 0 Å². The smallest absolute Gasteiger partial charge is 0.315 e. The van der Waals surface area contributed by atoms with E-state index in [0.29, 0.717) is 6.61 Å². The summed E-state index contributed by atoms with van der Waals surface area (Å²) in [5.41, 5.74) is 2.36. The molecule has 0 fully saturated rings. The highest BCUT2D eigenvalue weighted by molar-refractivity contribution is 5.86. The summed E-state index contributed by atoms with van der Waals surface area (Å²) in [7, 11) is 1.65. The van der Waals surface area contributed by atoms with E-state index in [4.69, 9.17) is 9.47 Å². The van der Waals surface area contributed by atoms with E-state index in [0.717, 1.165) is 22.4 Å². The van der Waals surface area contributed by atoms with Gasteiger partial charge < -0.3 is 9.47 Å². The van der Waals surface area contributed by atoms with Crippen molar-refractivity contribution >= 4 is 11.5 Å². The van der Waals surface area contributed by atoms with E-state index in [-0.39, 0.29) is 5.97 Å². The molecule has 0 amide bonds. The highest BCUT2D eigenvalue weighted by Crippen LogP contribution is 2.31. The van der Waals surface area contributed by atoms with Crippen molar-refractivity contribution < 1.29 is 14.3 Å². The standard InChI is InChI=1S/C21H24O3/c1-5-24-20(22)21(2,3)15-19(16-9-7-6-8-10-16)17-11-13-18(23-4)14-12-17/h6-15H,5H2,1-4H3/b19-15+. The highest BCUT2D eigenvalue weighted by Gasteiger charge is 2.27. The number of methoxy groups -OCH3 is 1. The average Bonchev–Trinajstić information content (AvgIpc) is 2.61. The molecule has 3 nitrogen and oxygen atoms in total. The van der Waals surface area contributed by atoms with Crippen LogP contribution in [0.2, 0.25) is 0 Å². The van der Waals surface area contributed by atoms with Gasteiger partial charge in [0.15, 0.2) is 0 Å². The van der Waals surface area contributed by atoms with Crippen molar-refractivity contribution in [2.24, 2.45) is 5.41 Å². The molecule has 2 rings (SSSR count). The second-order valence-corrected chi connectivity index (χ2v) is 6.09. The van der Waals surface area contributed by atoms with E-state index in [9.17, 15) is 4.79 Å². The maximum absolute atomic E-state index is 12.3. The SMILES string of the molecule is CCOC(=O)C(C)(C)/C=C(\c1ccccc1)c1ccc(OC)cc1. The van der Waals surface area contributed by atoms with Gasteiger partial charge in [-0.05, 0) is 49.6 Å². The minimum Gasteiger partial charge on any atom is -0.497 e. The number of rotatable bonds is 6. The fourth-order valence-electron chi connectivity index (χ4n) is 2.46. The molecule has 0 aromatic heterocycles. The topological polar surface area (TPSA) is 35.5 Å². The minimum absolute atomic E-state index is 0.230. The van der Waals surface area contributed by atoms with E-state index in [1.807, 2.05) is 81.4 Å². The normalized spacial score (nSPS) is 11.9. The number of esters is 1. The lowest BCUT2D eigenvalue weighted by Gasteiger charge is -2.21. The summed E-state index contributed by atoms with van der Waals surface area (Å²) >= 11 is 0. The van der Waals surface area contributed by atoms with Crippen molar-refractivity contribution in [3.63, 3.8) is 0 Å². The first-order chi connectivity index (χ1) is 11.5. The Morgan fingerprint density at radius 1 is 1.00 bits per heavy atom. The molecular formula is C21H24O3. The van der Waals surface area contributed by atoms with Gasteiger partial charge in [0.2, 0.25) is 0 Å². The first-order valence-corrected chi connectivity index (χ1v) is 8.08. The van der Waals surface area contributed by atoms with Gasteiger partial charge >= 0.3 is 5.97 Å². The van der Waals surface area contributed by atoms with Crippen molar-refractivity contribution in [1.82, 2.24) is 0 Å². The summed E-state index contributed by atoms with van der Waals surface area (Å²) in [6.07, 6.45) is 1.97. The van der Waals surface area contributed by atoms with Crippen LogP contribution in [0, 0.1) is 5.41 Å². The van der Waals surface area contributed by atoms with E-state index >= 15 is 0 Å². The quantitative estimate of drug-likeness (QED) is 0.722. The van der Waals surface area contributed by atoms with Crippen molar-refractivity contribution in [1.29, 1.82) is 0 Å². The zero-order valence-corrected chi connectivity index (χ0v) is 14.7. The van der Waals surface area contributed by atoms with Crippen molar-refractivity contribution in [3.8, 4) is 5.75 Å². The van der Waals surface area contributed by atoms with Crippen LogP contribution in [0.15, 0.2) is 60.7 Å². The number of carbonyl (C=O) groups excluding carboxylic acids is 1. The molecule has 0 aliphatic rings. The third-order valence-electron chi connectivity index (χ3n) is 3.79. The van der Waals surface area contributed by atoms with Crippen LogP contribution in [-0.2, 0) is 9.53 Å². The van der Waals surface area contributed by atoms with Crippen LogP contribution >= 0.6 is 0 Å². The zero-order chi connectivity index (χ0) is 17.6. The Kier molecular flexibility index (Phi) is 5.80. The Balaban J connectivity index is 2.50. The van der Waals surface area contributed by atoms with Gasteiger partial charge in [-0.15, -0.1) is 0 Å². The summed E-state index contributed by atoms with van der Waals surface area (Å²) in [6, 6.07) is 17.9. The summed E-state index contributed by atoms with van der Waals surface area (Å²) in [5, 5.41) is 0. The van der Waals surface area contributed by atoms with Gasteiger partial charge in [-0.1, -0.05) is 48.5 Å². The second kappa shape index (κ2) is 7.82. The van der Waals surface area contributed by atoms with Crippen LogP contribution in [0.3, 0.4) is 0 Å². The Hall–Kier alpha value is -2.55. The first-order valence-electron chi connectivity index (χ1n) is 8.08. The maximum atomic E-state index is 12.3. The Morgan fingerprint density at radius 2 is 1.58 bits per heavy atom. The van der Waals surface area contributed by atoms with Crippen LogP contribution in [0.25, 0.3) is 5.57 Å². The summed E-state index contributed by atoms with van der Waals surface area (Å²) in [6.45, 7) is 5.94. The summed E-state index contributed by atoms with van der Waals surface area (Å²) in [4.78, 5) is 12.3. The number of hydrogen-bond acceptors (Lipinski definition) is 3. The summed E-state index contributed by atoms with van der Waals surface area (Å²) in [5.74, 6) is 0.572. The number of ether oxygens (including phenoxy) is 2. The Labute approximate surface area is 143 Å². The van der Waals surface area contributed by atoms with Crippen LogP contribution in [-0.4, -0.2) is 19.7 Å². The van der Waals surface area contributed by atoms with Gasteiger partial charge in [0, 0.05) is 0 Å². The second-order valence-electron chi connectivity index (χ2n) is 6.09. The zero-order valence-electron chi connectivity index (χ0n) is 14.7. The van der Waals surface area contributed by atoms with Crippen LogP contribution in [0.5, 0.6) is 5.75 Å². The monoisotopic (exact) mass is 324 g/mol. The Morgan fingerprint density at radius 3 is 2.12 bits per heavy atom. The average molecular weight is 324 g/mol. The number of benzene rings is 2. The first kappa shape index (κ1) is 17.8. The fraction of sp³-hybridized carbons (Fsp3) is 0.286. The molecule has 2 aromatic carbocycles. The van der Waals surface area contributed by atoms with Gasteiger partial charge in [-0.3, -0.25) is 4.79 Å². The molecule has 0 aliphatic carbocycles. The van der Waals surface area contributed by atoms with Crippen molar-refractivity contribution in [3.05, 3.63) is 71.8 Å². The molecule has 0 unspecified atom stereocenters. The molecule has 0 spiro atoms. The Bertz CT molecular complexity index is 698. The fourth-order valence-corrected chi connectivity index (χ4v) is 2.46. The van der Waals surface area contributed by atoms with E-state index in [1.165, 1.54) is 0 Å². The van der Waals surface area contributed by atoms with Crippen molar-refractivity contribution in [2.45, 2.75) is 20.8 Å². The third kappa shape index (κ3) is 4.25. The van der Waals surface area contributed by atoms with E-state index in [2.05, 4.69) is 0 Å². The van der Waals surface area contributed by atoms with Gasteiger partial charge in [0.25, 0.3) is 0 Å². The van der Waals surface area contributed by atoms with E-state index in [1.54, 1.807) is 7.11 Å². The molecule has 0 bridgehead atoms. The molecule has 0 saturated carbocycles. The molecule has 0 saturated heterocycles. The lowest BCUT2D eigenvalue weighted by Crippen LogP contribution is -2.25. The molecule has 0 atom stereocenters. The molecule has 0 N–H and O–H groups in total. The number of carbonyl (C=O) groups is 1. The predicted octanol–water partition coefficient (Wildman–Crippen LogP) is 4.72. The van der Waals surface area contributed by atoms with E-state index < -0.39 is 5.41 Å². The van der Waals surface area contributed by atoms with Gasteiger partial charge in [0.1, 0.15) is 5.75 Å². The molecular weight excluding hydrogens is 300 g/mol. The molecule has 3 heteroatoms. The van der Waals surface area contributed by atoms with Gasteiger partial charge in [0.05, 0.1) is 19.1 Å². The van der Waals surface area contributed by atoms with Gasteiger partial charge in [-0.2, -0.15) is 0 Å².